The van der Waals surface area contributed by atoms with Crippen LogP contribution >= 0.6 is 0 Å². The van der Waals surface area contributed by atoms with Gasteiger partial charge in [-0.15, -0.1) is 0 Å². The lowest BCUT2D eigenvalue weighted by molar-refractivity contribution is -0.394. The van der Waals surface area contributed by atoms with E-state index in [0.29, 0.717) is 0 Å². The Labute approximate surface area is 397 Å². The van der Waals surface area contributed by atoms with Gasteiger partial charge in [-0.2, -0.15) is 0 Å². The minimum absolute atomic E-state index is 0.771. The van der Waals surface area contributed by atoms with E-state index < -0.39 is 215 Å². The minimum atomic E-state index is -3.21. The fourth-order valence-electron chi connectivity index (χ4n) is 8.88. The summed E-state index contributed by atoms with van der Waals surface area (Å²) < 4.78 is 52.5. The number of carboxylic acids is 1. The lowest BCUT2D eigenvalue weighted by Gasteiger charge is -2.52. The number of carbonyl (C=O) groups is 4. The molecule has 5 aliphatic rings. The maximum atomic E-state index is 13.1. The molecule has 0 aromatic heterocycles. The van der Waals surface area contributed by atoms with Gasteiger partial charge in [-0.3, -0.25) is 14.4 Å². The van der Waals surface area contributed by atoms with E-state index in [2.05, 4.69) is 16.0 Å². The van der Waals surface area contributed by atoms with Crippen molar-refractivity contribution in [3.05, 3.63) is 0 Å². The maximum Gasteiger partial charge on any atom is 0.364 e. The van der Waals surface area contributed by atoms with Crippen molar-refractivity contribution in [2.24, 2.45) is 0 Å². The molecule has 0 saturated carbocycles. The number of aliphatic carboxylic acids is 1. The van der Waals surface area contributed by atoms with Crippen molar-refractivity contribution in [2.45, 2.75) is 193 Å². The number of hydrogen-bond acceptors (Lipinski definition) is 27. The van der Waals surface area contributed by atoms with Crippen molar-refractivity contribution < 1.29 is 138 Å². The molecule has 31 nitrogen and oxygen atoms in total. The highest BCUT2D eigenvalue weighted by atomic mass is 16.8. The van der Waals surface area contributed by atoms with Crippen molar-refractivity contribution in [3.8, 4) is 0 Å². The zero-order valence-corrected chi connectivity index (χ0v) is 38.0. The third-order valence-electron chi connectivity index (χ3n) is 12.5. The van der Waals surface area contributed by atoms with E-state index in [1.54, 1.807) is 0 Å². The highest BCUT2D eigenvalue weighted by Crippen LogP contribution is 2.40. The molecule has 404 valence electrons. The predicted octanol–water partition coefficient (Wildman–Crippen LogP) is -11.3. The number of amides is 3. The van der Waals surface area contributed by atoms with Crippen LogP contribution < -0.4 is 16.0 Å². The number of hydrogen-bond donors (Lipinski definition) is 18. The molecule has 5 rings (SSSR count). The number of carboxylic acid groups (broad SMARTS) is 1. The zero-order chi connectivity index (χ0) is 52.3. The summed E-state index contributed by atoms with van der Waals surface area (Å²) in [7, 11) is 0. The molecule has 5 fully saturated rings. The molecule has 3 amide bonds. The first kappa shape index (κ1) is 57.9. The van der Waals surface area contributed by atoms with Crippen LogP contribution in [0.15, 0.2) is 0 Å². The van der Waals surface area contributed by atoms with Crippen molar-refractivity contribution in [3.63, 3.8) is 0 Å². The number of ether oxygens (including phenoxy) is 9. The number of rotatable bonds is 18. The molecular formula is C39H65N3O28. The molecule has 0 aromatic carbocycles. The average molecular weight is 1020 g/mol. The summed E-state index contributed by atoms with van der Waals surface area (Å²) >= 11 is 0. The van der Waals surface area contributed by atoms with Gasteiger partial charge in [-0.05, 0) is 6.92 Å². The summed E-state index contributed by atoms with van der Waals surface area (Å²) in [5.41, 5.74) is 0. The Hall–Kier alpha value is -3.04. The Morgan fingerprint density at radius 3 is 1.64 bits per heavy atom. The molecule has 5 heterocycles. The topological polar surface area (TPSA) is 491 Å². The number of carbonyl (C=O) groups excluding carboxylic acids is 3. The third-order valence-corrected chi connectivity index (χ3v) is 12.5. The lowest BCUT2D eigenvalue weighted by atomic mass is 9.88. The SMILES string of the molecule is CC(=O)N[C@@H]1[C@@H](O[C@@H]2O[C@H](CO)[C@@H](O[C@@H]3O[C@H](CO)[C@H](O)[C@H](O[C@]4(C(=O)O)C[C@H](O)[C@@H](NC(C)=O)[C@H]([C@H](O)[C@H](O)CO)O4)[C@H]3O)[C@H](O[C@@H]3O[C@@H](C)[C@@H](O)[C@@H](O)[C@@H]3O)[C@H]2NC(C)=O)[C@@H](O)[C@@H](CO)O[C@H]1O. The van der Waals surface area contributed by atoms with Crippen molar-refractivity contribution in [2.75, 3.05) is 26.4 Å². The van der Waals surface area contributed by atoms with Crippen LogP contribution in [0.3, 0.4) is 0 Å². The molecule has 0 radical (unpaired) electrons. The molecule has 0 aliphatic carbocycles. The molecule has 70 heavy (non-hydrogen) atoms. The summed E-state index contributed by atoms with van der Waals surface area (Å²) in [6.07, 6.45) is -44.5. The molecule has 0 aromatic rings. The highest BCUT2D eigenvalue weighted by Gasteiger charge is 2.61. The van der Waals surface area contributed by atoms with Crippen LogP contribution in [0, 0.1) is 0 Å². The molecule has 0 unspecified atom stereocenters. The van der Waals surface area contributed by atoms with E-state index in [1.165, 1.54) is 6.92 Å². The van der Waals surface area contributed by atoms with Gasteiger partial charge in [0, 0.05) is 27.2 Å². The fraction of sp³-hybridized carbons (Fsp3) is 0.897. The van der Waals surface area contributed by atoms with Crippen LogP contribution in [-0.2, 0) is 61.8 Å². The Kier molecular flexibility index (Phi) is 20.1. The van der Waals surface area contributed by atoms with Crippen LogP contribution in [0.5, 0.6) is 0 Å². The first-order valence-corrected chi connectivity index (χ1v) is 22.1. The van der Waals surface area contributed by atoms with Crippen LogP contribution in [-0.4, -0.2) is 286 Å². The van der Waals surface area contributed by atoms with Gasteiger partial charge in [0.2, 0.25) is 17.7 Å². The Morgan fingerprint density at radius 1 is 0.586 bits per heavy atom. The fourth-order valence-corrected chi connectivity index (χ4v) is 8.88. The standard InChI is InChI=1S/C39H65N3O28/c1-10-22(52)26(56)27(57)36(62-10)68-32-21(42-13(4)49)35(67-30-20(41-12(3)48)34(59)63-16(7-44)24(30)54)65-18(9-46)29(32)66-37-28(58)33(25(55)17(8-45)64-37)70-39(38(60)61)5-14(50)19(40-11(2)47)31(69-39)23(53)15(51)6-43/h10,14-37,43-46,50-59H,5-9H2,1-4H3,(H,40,47)(H,41,48)(H,42,49)(H,60,61)/t10-,14-,15+,16+,17+,18+,19+,20+,21+,22+,23+,24-,25-,26+,27-,28+,29+,30+,31+,32+,33-,34+,35-,36-,37-,39-/m0/s1. The zero-order valence-electron chi connectivity index (χ0n) is 38.0. The number of nitrogens with one attached hydrogen (secondary N) is 3. The van der Waals surface area contributed by atoms with Crippen LogP contribution in [0.1, 0.15) is 34.1 Å². The van der Waals surface area contributed by atoms with Gasteiger partial charge >= 0.3 is 5.97 Å². The van der Waals surface area contributed by atoms with E-state index in [0.717, 1.165) is 20.8 Å². The van der Waals surface area contributed by atoms with Gasteiger partial charge in [0.05, 0.1) is 44.7 Å². The molecule has 0 bridgehead atoms. The quantitative estimate of drug-likeness (QED) is 0.0606. The first-order chi connectivity index (χ1) is 32.8. The number of aliphatic hydroxyl groups is 14. The van der Waals surface area contributed by atoms with Gasteiger partial charge in [0.15, 0.2) is 25.2 Å². The largest absolute Gasteiger partial charge is 0.477 e. The normalized spacial score (nSPS) is 45.5. The highest BCUT2D eigenvalue weighted by molar-refractivity contribution is 5.77. The Balaban J connectivity index is 1.57. The van der Waals surface area contributed by atoms with Crippen molar-refractivity contribution in [1.82, 2.24) is 16.0 Å². The van der Waals surface area contributed by atoms with Gasteiger partial charge in [0.1, 0.15) is 110 Å². The summed E-state index contributed by atoms with van der Waals surface area (Å²) in [6.45, 7) is 0.0147. The van der Waals surface area contributed by atoms with Gasteiger partial charge < -0.3 is 135 Å². The molecule has 26 atom stereocenters. The molecule has 5 saturated heterocycles. The maximum absolute atomic E-state index is 13.1. The van der Waals surface area contributed by atoms with Crippen LogP contribution in [0.2, 0.25) is 0 Å². The molecular weight excluding hydrogens is 958 g/mol. The van der Waals surface area contributed by atoms with E-state index in [4.69, 9.17) is 42.6 Å². The Morgan fingerprint density at radius 2 is 1.09 bits per heavy atom. The minimum Gasteiger partial charge on any atom is -0.477 e. The molecule has 31 heteroatoms. The van der Waals surface area contributed by atoms with Crippen LogP contribution in [0.25, 0.3) is 0 Å². The van der Waals surface area contributed by atoms with Crippen molar-refractivity contribution in [1.29, 1.82) is 0 Å². The third kappa shape index (κ3) is 12.5. The second-order valence-corrected chi connectivity index (χ2v) is 17.6. The second-order valence-electron chi connectivity index (χ2n) is 17.6. The summed E-state index contributed by atoms with van der Waals surface area (Å²) in [4.78, 5) is 50.4. The van der Waals surface area contributed by atoms with Crippen molar-refractivity contribution >= 4 is 23.7 Å². The first-order valence-electron chi connectivity index (χ1n) is 22.1. The van der Waals surface area contributed by atoms with Gasteiger partial charge in [-0.1, -0.05) is 0 Å². The van der Waals surface area contributed by atoms with E-state index in [-0.39, 0.29) is 0 Å². The summed E-state index contributed by atoms with van der Waals surface area (Å²) in [6, 6.07) is -5.11. The molecule has 5 aliphatic heterocycles. The van der Waals surface area contributed by atoms with Crippen LogP contribution in [0.4, 0.5) is 0 Å². The second kappa shape index (κ2) is 24.3. The van der Waals surface area contributed by atoms with E-state index >= 15 is 0 Å². The Bertz CT molecular complexity index is 1760. The number of aliphatic hydroxyl groups excluding tert-OH is 14. The predicted molar refractivity (Wildman–Crippen MR) is 217 cm³/mol. The monoisotopic (exact) mass is 1020 g/mol. The lowest BCUT2D eigenvalue weighted by Crippen LogP contribution is -2.72. The summed E-state index contributed by atoms with van der Waals surface area (Å²) in [5, 5.41) is 168. The molecule has 18 N–H and O–H groups in total. The smallest absolute Gasteiger partial charge is 0.364 e. The summed E-state index contributed by atoms with van der Waals surface area (Å²) in [5.74, 6) is -7.76. The van der Waals surface area contributed by atoms with E-state index in [1.807, 2.05) is 0 Å². The average Bonchev–Trinajstić information content (AvgIpc) is 3.30. The molecule has 0 spiro atoms. The van der Waals surface area contributed by atoms with E-state index in [9.17, 15) is 95.8 Å². The van der Waals surface area contributed by atoms with Gasteiger partial charge in [-0.25, -0.2) is 4.79 Å². The van der Waals surface area contributed by atoms with Gasteiger partial charge in [0.25, 0.3) is 5.79 Å².